The number of aliphatic hydroxyl groups is 1. The summed E-state index contributed by atoms with van der Waals surface area (Å²) in [7, 11) is 0. The van der Waals surface area contributed by atoms with Crippen LogP contribution in [-0.2, 0) is 0 Å². The standard InChI is InChI=1S/C21H34O/c1-14(22)17-9-10-18-16-8-7-15-6-4-5-12-20(15,2)19(16)11-13-21(17,18)3/h4-5,14-19,22H,6-13H2,1-3H3. The fraction of sp³-hybridized carbons (Fsp3) is 0.905. The van der Waals surface area contributed by atoms with Gasteiger partial charge in [-0.3, -0.25) is 0 Å². The van der Waals surface area contributed by atoms with E-state index in [1.165, 1.54) is 51.4 Å². The minimum absolute atomic E-state index is 0.115. The molecule has 0 aromatic heterocycles. The molecule has 1 heteroatoms. The summed E-state index contributed by atoms with van der Waals surface area (Å²) in [6.45, 7) is 7.17. The molecule has 0 radical (unpaired) electrons. The zero-order valence-corrected chi connectivity index (χ0v) is 14.7. The minimum atomic E-state index is -0.115. The Hall–Kier alpha value is -0.300. The van der Waals surface area contributed by atoms with Gasteiger partial charge in [-0.1, -0.05) is 26.0 Å². The van der Waals surface area contributed by atoms with E-state index in [1.54, 1.807) is 0 Å². The average molecular weight is 303 g/mol. The number of hydrogen-bond donors (Lipinski definition) is 1. The third kappa shape index (κ3) is 1.93. The van der Waals surface area contributed by atoms with Crippen LogP contribution in [0.25, 0.3) is 0 Å². The third-order valence-corrected chi connectivity index (χ3v) is 8.87. The van der Waals surface area contributed by atoms with Gasteiger partial charge >= 0.3 is 0 Å². The zero-order chi connectivity index (χ0) is 15.5. The van der Waals surface area contributed by atoms with Gasteiger partial charge in [-0.2, -0.15) is 0 Å². The maximum absolute atomic E-state index is 10.3. The Morgan fingerprint density at radius 3 is 2.50 bits per heavy atom. The van der Waals surface area contributed by atoms with Crippen molar-refractivity contribution in [1.82, 2.24) is 0 Å². The molecular formula is C21H34O. The van der Waals surface area contributed by atoms with Crippen LogP contribution in [0.2, 0.25) is 0 Å². The van der Waals surface area contributed by atoms with Gasteiger partial charge in [0.25, 0.3) is 0 Å². The van der Waals surface area contributed by atoms with E-state index in [-0.39, 0.29) is 6.10 Å². The van der Waals surface area contributed by atoms with E-state index in [0.717, 1.165) is 23.7 Å². The Morgan fingerprint density at radius 2 is 1.73 bits per heavy atom. The molecule has 4 aliphatic carbocycles. The molecule has 0 aliphatic heterocycles. The highest BCUT2D eigenvalue weighted by Crippen LogP contribution is 2.67. The molecule has 4 rings (SSSR count). The lowest BCUT2D eigenvalue weighted by Gasteiger charge is -2.60. The van der Waals surface area contributed by atoms with Crippen LogP contribution in [0.3, 0.4) is 0 Å². The van der Waals surface area contributed by atoms with Crippen molar-refractivity contribution in [2.45, 2.75) is 78.2 Å². The first-order chi connectivity index (χ1) is 10.5. The summed E-state index contributed by atoms with van der Waals surface area (Å²) in [5.74, 6) is 4.26. The minimum Gasteiger partial charge on any atom is -0.393 e. The molecule has 1 nitrogen and oxygen atoms in total. The molecule has 3 saturated carbocycles. The van der Waals surface area contributed by atoms with Gasteiger partial charge in [0.15, 0.2) is 0 Å². The van der Waals surface area contributed by atoms with Gasteiger partial charge in [-0.05, 0) is 98.7 Å². The fourth-order valence-electron chi connectivity index (χ4n) is 7.67. The van der Waals surface area contributed by atoms with Crippen LogP contribution in [0.15, 0.2) is 12.2 Å². The molecular weight excluding hydrogens is 268 g/mol. The molecule has 22 heavy (non-hydrogen) atoms. The molecule has 8 unspecified atom stereocenters. The lowest BCUT2D eigenvalue weighted by atomic mass is 9.45. The van der Waals surface area contributed by atoms with Crippen LogP contribution < -0.4 is 0 Å². The van der Waals surface area contributed by atoms with Crippen LogP contribution >= 0.6 is 0 Å². The Labute approximate surface area is 136 Å². The highest BCUT2D eigenvalue weighted by Gasteiger charge is 2.59. The maximum Gasteiger partial charge on any atom is 0.0545 e. The zero-order valence-electron chi connectivity index (χ0n) is 14.7. The topological polar surface area (TPSA) is 20.2 Å². The fourth-order valence-corrected chi connectivity index (χ4v) is 7.67. The Bertz CT molecular complexity index is 467. The Morgan fingerprint density at radius 1 is 0.955 bits per heavy atom. The van der Waals surface area contributed by atoms with Crippen LogP contribution in [0, 0.1) is 40.4 Å². The van der Waals surface area contributed by atoms with Crippen molar-refractivity contribution in [3.8, 4) is 0 Å². The van der Waals surface area contributed by atoms with Crippen molar-refractivity contribution in [2.75, 3.05) is 0 Å². The highest BCUT2D eigenvalue weighted by molar-refractivity contribution is 5.12. The van der Waals surface area contributed by atoms with Crippen molar-refractivity contribution >= 4 is 0 Å². The lowest BCUT2D eigenvalue weighted by Crippen LogP contribution is -2.52. The molecule has 4 aliphatic rings. The maximum atomic E-state index is 10.3. The predicted molar refractivity (Wildman–Crippen MR) is 91.4 cm³/mol. The van der Waals surface area contributed by atoms with E-state index in [4.69, 9.17) is 0 Å². The van der Waals surface area contributed by atoms with E-state index in [1.807, 2.05) is 6.92 Å². The largest absolute Gasteiger partial charge is 0.393 e. The summed E-state index contributed by atoms with van der Waals surface area (Å²) < 4.78 is 0. The van der Waals surface area contributed by atoms with E-state index in [2.05, 4.69) is 26.0 Å². The summed E-state index contributed by atoms with van der Waals surface area (Å²) in [4.78, 5) is 0. The Balaban J connectivity index is 1.64. The van der Waals surface area contributed by atoms with Crippen LogP contribution in [0.1, 0.15) is 72.1 Å². The van der Waals surface area contributed by atoms with Crippen molar-refractivity contribution < 1.29 is 5.11 Å². The Kier molecular flexibility index (Phi) is 3.53. The van der Waals surface area contributed by atoms with Gasteiger partial charge in [-0.15, -0.1) is 0 Å². The first-order valence-electron chi connectivity index (χ1n) is 9.80. The first kappa shape index (κ1) is 15.2. The van der Waals surface area contributed by atoms with E-state index < -0.39 is 0 Å². The molecule has 0 saturated heterocycles. The molecule has 1 N–H and O–H groups in total. The number of rotatable bonds is 1. The molecule has 0 aromatic rings. The predicted octanol–water partition coefficient (Wildman–Crippen LogP) is 5.19. The van der Waals surface area contributed by atoms with Crippen molar-refractivity contribution in [3.05, 3.63) is 12.2 Å². The monoisotopic (exact) mass is 302 g/mol. The van der Waals surface area contributed by atoms with Gasteiger partial charge in [0.1, 0.15) is 0 Å². The molecule has 3 fully saturated rings. The van der Waals surface area contributed by atoms with E-state index in [0.29, 0.717) is 16.7 Å². The van der Waals surface area contributed by atoms with Crippen LogP contribution in [0.4, 0.5) is 0 Å². The summed E-state index contributed by atoms with van der Waals surface area (Å²) >= 11 is 0. The van der Waals surface area contributed by atoms with Crippen molar-refractivity contribution in [2.24, 2.45) is 40.4 Å². The average Bonchev–Trinajstić information content (AvgIpc) is 2.84. The number of aliphatic hydroxyl groups excluding tert-OH is 1. The summed E-state index contributed by atoms with van der Waals surface area (Å²) in [6.07, 6.45) is 15.8. The summed E-state index contributed by atoms with van der Waals surface area (Å²) in [5, 5.41) is 10.3. The van der Waals surface area contributed by atoms with Crippen LogP contribution in [0.5, 0.6) is 0 Å². The van der Waals surface area contributed by atoms with Gasteiger partial charge in [0.2, 0.25) is 0 Å². The number of hydrogen-bond acceptors (Lipinski definition) is 1. The molecule has 0 bridgehead atoms. The number of allylic oxidation sites excluding steroid dienone is 2. The quantitative estimate of drug-likeness (QED) is 0.661. The summed E-state index contributed by atoms with van der Waals surface area (Å²) in [5.41, 5.74) is 0.991. The van der Waals surface area contributed by atoms with Gasteiger partial charge in [-0.25, -0.2) is 0 Å². The summed E-state index contributed by atoms with van der Waals surface area (Å²) in [6, 6.07) is 0. The van der Waals surface area contributed by atoms with Gasteiger partial charge < -0.3 is 5.11 Å². The van der Waals surface area contributed by atoms with Gasteiger partial charge in [0, 0.05) is 0 Å². The van der Waals surface area contributed by atoms with E-state index in [9.17, 15) is 5.11 Å². The highest BCUT2D eigenvalue weighted by atomic mass is 16.3. The molecule has 8 atom stereocenters. The molecule has 0 heterocycles. The second-order valence-electron chi connectivity index (χ2n) is 9.54. The molecule has 0 amide bonds. The molecule has 124 valence electrons. The smallest absolute Gasteiger partial charge is 0.0545 e. The first-order valence-corrected chi connectivity index (χ1v) is 9.80. The molecule has 0 spiro atoms. The number of fused-ring (bicyclic) bond motifs is 5. The lowest BCUT2D eigenvalue weighted by molar-refractivity contribution is -0.106. The molecule has 0 aromatic carbocycles. The van der Waals surface area contributed by atoms with E-state index >= 15 is 0 Å². The normalized spacial score (nSPS) is 55.2. The second-order valence-corrected chi connectivity index (χ2v) is 9.54. The van der Waals surface area contributed by atoms with Crippen molar-refractivity contribution in [1.29, 1.82) is 0 Å². The van der Waals surface area contributed by atoms with Gasteiger partial charge in [0.05, 0.1) is 6.10 Å². The SMILES string of the molecule is CC(O)C1CCC2C3CCC4CC=CCC4(C)C3CCC12C. The third-order valence-electron chi connectivity index (χ3n) is 8.87. The van der Waals surface area contributed by atoms with Crippen LogP contribution in [-0.4, -0.2) is 11.2 Å². The van der Waals surface area contributed by atoms with Crippen molar-refractivity contribution in [3.63, 3.8) is 0 Å². The second kappa shape index (κ2) is 5.10.